The van der Waals surface area contributed by atoms with Gasteiger partial charge in [-0.15, -0.1) is 0 Å². The second-order valence-electron chi connectivity index (χ2n) is 1.86. The molecule has 0 amide bonds. The molecule has 0 unspecified atom stereocenters. The molecule has 8 heavy (non-hydrogen) atoms. The lowest BCUT2D eigenvalue weighted by Crippen LogP contribution is -1.68. The lowest BCUT2D eigenvalue weighted by atomic mass is 10.2. The Kier molecular flexibility index (Phi) is 6.39. The van der Waals surface area contributed by atoms with E-state index in [1.165, 1.54) is 12.8 Å². The molecule has 0 aliphatic rings. The zero-order valence-electron chi connectivity index (χ0n) is 5.36. The smallest absolute Gasteiger partial charge is 0.0827 e. The fraction of sp³-hybridized carbons (Fsp3) is 0.714. The van der Waals surface area contributed by atoms with Crippen molar-refractivity contribution < 1.29 is 4.39 Å². The highest BCUT2D eigenvalue weighted by atomic mass is 19.1. The second kappa shape index (κ2) is 6.67. The Hall–Kier alpha value is -0.330. The van der Waals surface area contributed by atoms with Crippen LogP contribution in [0, 0.1) is 0 Å². The largest absolute Gasteiger partial charge is 0.216 e. The van der Waals surface area contributed by atoms with Crippen molar-refractivity contribution in [3.63, 3.8) is 0 Å². The van der Waals surface area contributed by atoms with Gasteiger partial charge in [0, 0.05) is 0 Å². The van der Waals surface area contributed by atoms with Gasteiger partial charge in [-0.3, -0.25) is 0 Å². The fourth-order valence-corrected chi connectivity index (χ4v) is 0.575. The molecule has 0 saturated carbocycles. The maximum Gasteiger partial charge on any atom is 0.0827 e. The number of hydrogen-bond donors (Lipinski definition) is 0. The Balaban J connectivity index is 2.72. The van der Waals surface area contributed by atoms with Crippen molar-refractivity contribution >= 4 is 0 Å². The van der Waals surface area contributed by atoms with E-state index in [0.29, 0.717) is 6.33 Å². The SMILES string of the molecule is CCCCC/C=C\F. The maximum absolute atomic E-state index is 11.2. The first-order valence-corrected chi connectivity index (χ1v) is 3.17. The van der Waals surface area contributed by atoms with Gasteiger partial charge in [-0.25, -0.2) is 4.39 Å². The molecule has 1 heteroatoms. The van der Waals surface area contributed by atoms with Crippen LogP contribution < -0.4 is 0 Å². The van der Waals surface area contributed by atoms with Crippen molar-refractivity contribution in [2.24, 2.45) is 0 Å². The van der Waals surface area contributed by atoms with E-state index in [4.69, 9.17) is 0 Å². The molecule has 0 aromatic rings. The molecule has 0 aliphatic carbocycles. The van der Waals surface area contributed by atoms with Crippen LogP contribution in [-0.4, -0.2) is 0 Å². The standard InChI is InChI=1S/C7H13F/c1-2-3-4-5-6-7-8/h6-7H,2-5H2,1H3/b7-6-. The van der Waals surface area contributed by atoms with Crippen LogP contribution >= 0.6 is 0 Å². The summed E-state index contributed by atoms with van der Waals surface area (Å²) in [4.78, 5) is 0. The Morgan fingerprint density at radius 1 is 1.38 bits per heavy atom. The van der Waals surface area contributed by atoms with Gasteiger partial charge >= 0.3 is 0 Å². The van der Waals surface area contributed by atoms with Crippen LogP contribution in [0.5, 0.6) is 0 Å². The highest BCUT2D eigenvalue weighted by Crippen LogP contribution is 1.98. The lowest BCUT2D eigenvalue weighted by molar-refractivity contribution is 0.691. The van der Waals surface area contributed by atoms with Crippen LogP contribution in [0.1, 0.15) is 32.6 Å². The van der Waals surface area contributed by atoms with Crippen LogP contribution in [0.15, 0.2) is 12.4 Å². The number of halogens is 1. The molecule has 0 fully saturated rings. The Bertz CT molecular complexity index is 57.4. The molecule has 0 radical (unpaired) electrons. The van der Waals surface area contributed by atoms with Crippen molar-refractivity contribution in [2.45, 2.75) is 32.6 Å². The summed E-state index contributed by atoms with van der Waals surface area (Å²) in [6.45, 7) is 2.14. The van der Waals surface area contributed by atoms with Crippen LogP contribution in [0.2, 0.25) is 0 Å². The van der Waals surface area contributed by atoms with Gasteiger partial charge in [0.25, 0.3) is 0 Å². The Labute approximate surface area is 50.4 Å². The summed E-state index contributed by atoms with van der Waals surface area (Å²) in [6.07, 6.45) is 6.62. The third-order valence-electron chi connectivity index (χ3n) is 1.06. The third kappa shape index (κ3) is 5.67. The first-order chi connectivity index (χ1) is 3.91. The van der Waals surface area contributed by atoms with E-state index in [1.54, 1.807) is 6.08 Å². The van der Waals surface area contributed by atoms with Crippen molar-refractivity contribution in [1.82, 2.24) is 0 Å². The molecule has 48 valence electrons. The number of rotatable bonds is 4. The summed E-state index contributed by atoms with van der Waals surface area (Å²) in [5.74, 6) is 0. The predicted molar refractivity (Wildman–Crippen MR) is 34.4 cm³/mol. The minimum absolute atomic E-state index is 0.621. The average molecular weight is 116 g/mol. The third-order valence-corrected chi connectivity index (χ3v) is 1.06. The highest BCUT2D eigenvalue weighted by molar-refractivity contribution is 4.70. The van der Waals surface area contributed by atoms with E-state index in [9.17, 15) is 4.39 Å². The molecule has 0 nitrogen and oxygen atoms in total. The number of unbranched alkanes of at least 4 members (excludes halogenated alkanes) is 3. The van der Waals surface area contributed by atoms with Gasteiger partial charge in [0.15, 0.2) is 0 Å². The van der Waals surface area contributed by atoms with Crippen LogP contribution in [0.3, 0.4) is 0 Å². The van der Waals surface area contributed by atoms with Crippen LogP contribution in [0.25, 0.3) is 0 Å². The van der Waals surface area contributed by atoms with Crippen LogP contribution in [-0.2, 0) is 0 Å². The average Bonchev–Trinajstić information content (AvgIpc) is 1.81. The summed E-state index contributed by atoms with van der Waals surface area (Å²) < 4.78 is 11.2. The maximum atomic E-state index is 11.2. The normalized spacial score (nSPS) is 10.8. The quantitative estimate of drug-likeness (QED) is 0.495. The molecule has 0 heterocycles. The molecule has 0 aromatic carbocycles. The second-order valence-corrected chi connectivity index (χ2v) is 1.86. The van der Waals surface area contributed by atoms with E-state index in [2.05, 4.69) is 6.92 Å². The van der Waals surface area contributed by atoms with E-state index >= 15 is 0 Å². The Morgan fingerprint density at radius 3 is 2.62 bits per heavy atom. The van der Waals surface area contributed by atoms with Crippen molar-refractivity contribution in [2.75, 3.05) is 0 Å². The van der Waals surface area contributed by atoms with Gasteiger partial charge in [-0.05, 0) is 12.8 Å². The van der Waals surface area contributed by atoms with E-state index in [-0.39, 0.29) is 0 Å². The van der Waals surface area contributed by atoms with Crippen molar-refractivity contribution in [1.29, 1.82) is 0 Å². The molecule has 0 N–H and O–H groups in total. The van der Waals surface area contributed by atoms with Gasteiger partial charge < -0.3 is 0 Å². The summed E-state index contributed by atoms with van der Waals surface area (Å²) in [6, 6.07) is 0. The molecular formula is C7H13F. The van der Waals surface area contributed by atoms with Crippen LogP contribution in [0.4, 0.5) is 4.39 Å². The molecule has 0 rings (SSSR count). The minimum atomic E-state index is 0.621. The van der Waals surface area contributed by atoms with Gasteiger partial charge in [-0.2, -0.15) is 0 Å². The molecule has 0 atom stereocenters. The molecule has 0 saturated heterocycles. The topological polar surface area (TPSA) is 0 Å². The van der Waals surface area contributed by atoms with Gasteiger partial charge in [0.1, 0.15) is 0 Å². The summed E-state index contributed by atoms with van der Waals surface area (Å²) in [7, 11) is 0. The monoisotopic (exact) mass is 116 g/mol. The van der Waals surface area contributed by atoms with Gasteiger partial charge in [-0.1, -0.05) is 25.8 Å². The molecule has 0 bridgehead atoms. The van der Waals surface area contributed by atoms with E-state index < -0.39 is 0 Å². The first kappa shape index (κ1) is 7.67. The summed E-state index contributed by atoms with van der Waals surface area (Å²) >= 11 is 0. The fourth-order valence-electron chi connectivity index (χ4n) is 0.575. The molecule has 0 aliphatic heterocycles. The Morgan fingerprint density at radius 2 is 2.12 bits per heavy atom. The summed E-state index contributed by atoms with van der Waals surface area (Å²) in [5, 5.41) is 0. The highest BCUT2D eigenvalue weighted by Gasteiger charge is 1.79. The number of hydrogen-bond acceptors (Lipinski definition) is 0. The predicted octanol–water partition coefficient (Wildman–Crippen LogP) is 3.05. The van der Waals surface area contributed by atoms with Gasteiger partial charge in [0.2, 0.25) is 0 Å². The lowest BCUT2D eigenvalue weighted by Gasteiger charge is -1.88. The van der Waals surface area contributed by atoms with Gasteiger partial charge in [0.05, 0.1) is 6.33 Å². The first-order valence-electron chi connectivity index (χ1n) is 3.17. The van der Waals surface area contributed by atoms with Crippen molar-refractivity contribution in [3.8, 4) is 0 Å². The van der Waals surface area contributed by atoms with Crippen molar-refractivity contribution in [3.05, 3.63) is 12.4 Å². The zero-order chi connectivity index (χ0) is 6.24. The summed E-state index contributed by atoms with van der Waals surface area (Å²) in [5.41, 5.74) is 0. The molecule has 0 aromatic heterocycles. The zero-order valence-corrected chi connectivity index (χ0v) is 5.36. The molecule has 0 spiro atoms. The number of allylic oxidation sites excluding steroid dienone is 1. The van der Waals surface area contributed by atoms with E-state index in [1.807, 2.05) is 0 Å². The molecular weight excluding hydrogens is 103 g/mol. The van der Waals surface area contributed by atoms with E-state index in [0.717, 1.165) is 12.8 Å². The minimum Gasteiger partial charge on any atom is -0.216 e.